The minimum absolute atomic E-state index is 0.122. The van der Waals surface area contributed by atoms with E-state index in [2.05, 4.69) is 15.3 Å². The van der Waals surface area contributed by atoms with Crippen LogP contribution in [0.5, 0.6) is 0 Å². The normalized spacial score (nSPS) is 11.6. The zero-order valence-corrected chi connectivity index (χ0v) is 11.0. The number of fused-ring (bicyclic) bond motifs is 1. The van der Waals surface area contributed by atoms with Gasteiger partial charge in [-0.25, -0.2) is 4.98 Å². The second kappa shape index (κ2) is 5.14. The summed E-state index contributed by atoms with van der Waals surface area (Å²) in [6.45, 7) is 0. The van der Waals surface area contributed by atoms with E-state index >= 15 is 0 Å². The Balaban J connectivity index is 1.83. The number of alkyl halides is 3. The standard InChI is InChI=1S/C14H9F3N4O/c15-14(16,17)10-3-1-9(2-4-10)13(22)20-12-8-19-11-7-18-5-6-21(11)12/h1-8H,(H,20,22). The van der Waals surface area contributed by atoms with Crippen LogP contribution in [0.3, 0.4) is 0 Å². The summed E-state index contributed by atoms with van der Waals surface area (Å²) in [6.07, 6.45) is 1.68. The molecule has 2 heterocycles. The molecule has 3 aromatic rings. The highest BCUT2D eigenvalue weighted by atomic mass is 19.4. The number of carbonyl (C=O) groups is 1. The fourth-order valence-corrected chi connectivity index (χ4v) is 1.93. The number of hydrogen-bond acceptors (Lipinski definition) is 3. The number of anilines is 1. The van der Waals surface area contributed by atoms with Gasteiger partial charge in [-0.1, -0.05) is 0 Å². The molecule has 8 heteroatoms. The van der Waals surface area contributed by atoms with Gasteiger partial charge in [-0.05, 0) is 24.3 Å². The van der Waals surface area contributed by atoms with Crippen molar-refractivity contribution in [1.82, 2.24) is 14.4 Å². The fourth-order valence-electron chi connectivity index (χ4n) is 1.93. The second-order valence-corrected chi connectivity index (χ2v) is 4.48. The molecule has 0 aliphatic rings. The van der Waals surface area contributed by atoms with E-state index in [4.69, 9.17) is 0 Å². The molecule has 0 unspecified atom stereocenters. The number of aromatic nitrogens is 3. The lowest BCUT2D eigenvalue weighted by Crippen LogP contribution is -2.14. The molecule has 0 aliphatic carbocycles. The average Bonchev–Trinajstić information content (AvgIpc) is 2.90. The van der Waals surface area contributed by atoms with E-state index in [0.717, 1.165) is 24.3 Å². The molecule has 0 spiro atoms. The lowest BCUT2D eigenvalue weighted by Gasteiger charge is -2.08. The minimum Gasteiger partial charge on any atom is -0.306 e. The molecule has 1 amide bonds. The molecule has 5 nitrogen and oxygen atoms in total. The molecule has 2 aromatic heterocycles. The molecule has 1 aromatic carbocycles. The topological polar surface area (TPSA) is 59.3 Å². The zero-order chi connectivity index (χ0) is 15.7. The number of carbonyl (C=O) groups excluding carboxylic acids is 1. The molecule has 1 N–H and O–H groups in total. The largest absolute Gasteiger partial charge is 0.416 e. The summed E-state index contributed by atoms with van der Waals surface area (Å²) in [4.78, 5) is 20.0. The highest BCUT2D eigenvalue weighted by Crippen LogP contribution is 2.29. The summed E-state index contributed by atoms with van der Waals surface area (Å²) in [7, 11) is 0. The van der Waals surface area contributed by atoms with Crippen molar-refractivity contribution < 1.29 is 18.0 Å². The maximum absolute atomic E-state index is 12.5. The first-order valence-corrected chi connectivity index (χ1v) is 6.21. The zero-order valence-electron chi connectivity index (χ0n) is 11.0. The monoisotopic (exact) mass is 306 g/mol. The van der Waals surface area contributed by atoms with E-state index in [1.165, 1.54) is 18.6 Å². The molecule has 3 rings (SSSR count). The Morgan fingerprint density at radius 3 is 2.55 bits per heavy atom. The van der Waals surface area contributed by atoms with Gasteiger partial charge in [0.25, 0.3) is 5.91 Å². The number of imidazole rings is 1. The lowest BCUT2D eigenvalue weighted by atomic mass is 10.1. The van der Waals surface area contributed by atoms with Crippen LogP contribution in [-0.4, -0.2) is 20.3 Å². The average molecular weight is 306 g/mol. The fraction of sp³-hybridized carbons (Fsp3) is 0.0714. The van der Waals surface area contributed by atoms with Gasteiger partial charge in [0.1, 0.15) is 5.82 Å². The summed E-state index contributed by atoms with van der Waals surface area (Å²) in [6, 6.07) is 3.99. The first kappa shape index (κ1) is 14.1. The van der Waals surface area contributed by atoms with E-state index < -0.39 is 17.6 Å². The van der Waals surface area contributed by atoms with Crippen molar-refractivity contribution in [2.45, 2.75) is 6.18 Å². The number of rotatable bonds is 2. The molecule has 0 fully saturated rings. The first-order valence-electron chi connectivity index (χ1n) is 6.21. The Hall–Kier alpha value is -2.90. The predicted molar refractivity (Wildman–Crippen MR) is 72.4 cm³/mol. The van der Waals surface area contributed by atoms with E-state index in [0.29, 0.717) is 11.5 Å². The third-order valence-corrected chi connectivity index (χ3v) is 3.03. The van der Waals surface area contributed by atoms with Gasteiger partial charge < -0.3 is 5.32 Å². The van der Waals surface area contributed by atoms with Crippen LogP contribution >= 0.6 is 0 Å². The Morgan fingerprint density at radius 1 is 1.14 bits per heavy atom. The Kier molecular flexibility index (Phi) is 3.28. The van der Waals surface area contributed by atoms with Gasteiger partial charge in [-0.2, -0.15) is 13.2 Å². The van der Waals surface area contributed by atoms with E-state index in [1.807, 2.05) is 0 Å². The Morgan fingerprint density at radius 2 is 1.86 bits per heavy atom. The van der Waals surface area contributed by atoms with Crippen LogP contribution in [0.15, 0.2) is 49.1 Å². The minimum atomic E-state index is -4.43. The predicted octanol–water partition coefficient (Wildman–Crippen LogP) is 3.00. The summed E-state index contributed by atoms with van der Waals surface area (Å²) >= 11 is 0. The summed E-state index contributed by atoms with van der Waals surface area (Å²) < 4.78 is 39.1. The van der Waals surface area contributed by atoms with Crippen molar-refractivity contribution in [2.75, 3.05) is 5.32 Å². The number of benzene rings is 1. The molecule has 22 heavy (non-hydrogen) atoms. The third-order valence-electron chi connectivity index (χ3n) is 3.03. The highest BCUT2D eigenvalue weighted by Gasteiger charge is 2.30. The Bertz CT molecular complexity index is 824. The number of halogens is 3. The van der Waals surface area contributed by atoms with Gasteiger partial charge in [-0.3, -0.25) is 14.2 Å². The second-order valence-electron chi connectivity index (χ2n) is 4.48. The molecule has 0 aliphatic heterocycles. The van der Waals surface area contributed by atoms with Crippen LogP contribution in [-0.2, 0) is 6.18 Å². The van der Waals surface area contributed by atoms with Crippen LogP contribution in [0.25, 0.3) is 5.65 Å². The van der Waals surface area contributed by atoms with Crippen molar-refractivity contribution >= 4 is 17.4 Å². The van der Waals surface area contributed by atoms with Gasteiger partial charge in [-0.15, -0.1) is 0 Å². The Labute approximate surface area is 122 Å². The van der Waals surface area contributed by atoms with Crippen molar-refractivity contribution in [2.24, 2.45) is 0 Å². The molecule has 0 bridgehead atoms. The van der Waals surface area contributed by atoms with Crippen LogP contribution in [0, 0.1) is 0 Å². The van der Waals surface area contributed by atoms with E-state index in [1.54, 1.807) is 10.6 Å². The third kappa shape index (κ3) is 2.62. The van der Waals surface area contributed by atoms with Gasteiger partial charge in [0.2, 0.25) is 0 Å². The number of hydrogen-bond donors (Lipinski definition) is 1. The molecular formula is C14H9F3N4O. The van der Waals surface area contributed by atoms with Crippen LogP contribution in [0.2, 0.25) is 0 Å². The summed E-state index contributed by atoms with van der Waals surface area (Å²) in [5.41, 5.74) is -0.132. The summed E-state index contributed by atoms with van der Waals surface area (Å²) in [5, 5.41) is 2.59. The van der Waals surface area contributed by atoms with Gasteiger partial charge in [0.05, 0.1) is 18.0 Å². The van der Waals surface area contributed by atoms with Crippen molar-refractivity contribution in [3.8, 4) is 0 Å². The van der Waals surface area contributed by atoms with E-state index in [-0.39, 0.29) is 5.56 Å². The molecule has 0 radical (unpaired) electrons. The molecule has 0 atom stereocenters. The summed E-state index contributed by atoms with van der Waals surface area (Å²) in [5.74, 6) is -0.116. The maximum atomic E-state index is 12.5. The van der Waals surface area contributed by atoms with E-state index in [9.17, 15) is 18.0 Å². The smallest absolute Gasteiger partial charge is 0.306 e. The first-order chi connectivity index (χ1) is 10.4. The molecule has 0 saturated carbocycles. The number of nitrogens with zero attached hydrogens (tertiary/aromatic N) is 3. The van der Waals surface area contributed by atoms with Gasteiger partial charge >= 0.3 is 6.18 Å². The molecule has 112 valence electrons. The number of amides is 1. The van der Waals surface area contributed by atoms with Crippen LogP contribution in [0.4, 0.5) is 19.0 Å². The van der Waals surface area contributed by atoms with Crippen molar-refractivity contribution in [1.29, 1.82) is 0 Å². The maximum Gasteiger partial charge on any atom is 0.416 e. The van der Waals surface area contributed by atoms with Gasteiger partial charge in [0, 0.05) is 18.0 Å². The quantitative estimate of drug-likeness (QED) is 0.792. The van der Waals surface area contributed by atoms with Crippen molar-refractivity contribution in [3.05, 3.63) is 60.2 Å². The molecule has 0 saturated heterocycles. The van der Waals surface area contributed by atoms with Crippen LogP contribution in [0.1, 0.15) is 15.9 Å². The SMILES string of the molecule is O=C(Nc1cnc2cnccn12)c1ccc(C(F)(F)F)cc1. The lowest BCUT2D eigenvalue weighted by molar-refractivity contribution is -0.137. The van der Waals surface area contributed by atoms with Gasteiger partial charge in [0.15, 0.2) is 5.65 Å². The number of nitrogens with one attached hydrogen (secondary N) is 1. The van der Waals surface area contributed by atoms with Crippen LogP contribution < -0.4 is 5.32 Å². The van der Waals surface area contributed by atoms with Crippen molar-refractivity contribution in [3.63, 3.8) is 0 Å². The highest BCUT2D eigenvalue weighted by molar-refractivity contribution is 6.03. The molecular weight excluding hydrogens is 297 g/mol.